The Morgan fingerprint density at radius 2 is 2.31 bits per heavy atom. The van der Waals surface area contributed by atoms with Crippen molar-refractivity contribution < 1.29 is 0 Å². The molecule has 0 radical (unpaired) electrons. The van der Waals surface area contributed by atoms with Gasteiger partial charge in [0.05, 0.1) is 11.7 Å². The molecule has 4 nitrogen and oxygen atoms in total. The Morgan fingerprint density at radius 1 is 1.69 bits per heavy atom. The molecule has 70 valence electrons. The van der Waals surface area contributed by atoms with Crippen molar-refractivity contribution in [1.82, 2.24) is 9.78 Å². The fraction of sp³-hybridized carbons (Fsp3) is 0.556. The summed E-state index contributed by atoms with van der Waals surface area (Å²) in [7, 11) is 0. The van der Waals surface area contributed by atoms with Crippen molar-refractivity contribution in [3.05, 3.63) is 11.3 Å². The van der Waals surface area contributed by atoms with Crippen LogP contribution in [0.25, 0.3) is 0 Å². The quantitative estimate of drug-likeness (QED) is 0.748. The lowest BCUT2D eigenvalue weighted by Gasteiger charge is -2.10. The van der Waals surface area contributed by atoms with Crippen molar-refractivity contribution >= 4 is 5.82 Å². The molecular formula is C9H14N4. The van der Waals surface area contributed by atoms with Crippen LogP contribution in [0.2, 0.25) is 0 Å². The first-order valence-electron chi connectivity index (χ1n) is 4.36. The normalized spacial score (nSPS) is 12.5. The Balaban J connectivity index is 3.20. The highest BCUT2D eigenvalue weighted by molar-refractivity contribution is 5.51. The molecule has 0 fully saturated rings. The van der Waals surface area contributed by atoms with Crippen LogP contribution in [0.3, 0.4) is 0 Å². The zero-order chi connectivity index (χ0) is 10.0. The molecule has 2 N–H and O–H groups in total. The van der Waals surface area contributed by atoms with Gasteiger partial charge in [-0.2, -0.15) is 10.4 Å². The van der Waals surface area contributed by atoms with E-state index in [2.05, 4.69) is 18.1 Å². The third kappa shape index (κ3) is 1.50. The summed E-state index contributed by atoms with van der Waals surface area (Å²) in [5.74, 6) is 0.481. The zero-order valence-corrected chi connectivity index (χ0v) is 8.20. The predicted octanol–water partition coefficient (Wildman–Crippen LogP) is 1.62. The summed E-state index contributed by atoms with van der Waals surface area (Å²) in [6.45, 7) is 5.89. The van der Waals surface area contributed by atoms with E-state index in [0.717, 1.165) is 6.42 Å². The summed E-state index contributed by atoms with van der Waals surface area (Å²) in [4.78, 5) is 0. The van der Waals surface area contributed by atoms with Gasteiger partial charge >= 0.3 is 0 Å². The summed E-state index contributed by atoms with van der Waals surface area (Å²) in [5, 5.41) is 13.0. The van der Waals surface area contributed by atoms with Crippen molar-refractivity contribution in [3.63, 3.8) is 0 Å². The van der Waals surface area contributed by atoms with E-state index in [9.17, 15) is 0 Å². The van der Waals surface area contributed by atoms with E-state index in [1.165, 1.54) is 0 Å². The van der Waals surface area contributed by atoms with Gasteiger partial charge in [-0.05, 0) is 20.3 Å². The van der Waals surface area contributed by atoms with E-state index >= 15 is 0 Å². The number of nitrogens with zero attached hydrogens (tertiary/aromatic N) is 3. The van der Waals surface area contributed by atoms with Gasteiger partial charge in [-0.3, -0.25) is 0 Å². The fourth-order valence-electron chi connectivity index (χ4n) is 1.21. The highest BCUT2D eigenvalue weighted by Gasteiger charge is 2.14. The average Bonchev–Trinajstić information content (AvgIpc) is 2.40. The predicted molar refractivity (Wildman–Crippen MR) is 51.1 cm³/mol. The maximum absolute atomic E-state index is 8.78. The Labute approximate surface area is 78.0 Å². The van der Waals surface area contributed by atoms with Gasteiger partial charge in [0.25, 0.3) is 0 Å². The standard InChI is InChI=1S/C9H14N4/c1-4-6(2)13-9(11)8(5-10)7(3)12-13/h6H,4,11H2,1-3H3/t6-/m1/s1. The van der Waals surface area contributed by atoms with Crippen molar-refractivity contribution in [2.24, 2.45) is 0 Å². The summed E-state index contributed by atoms with van der Waals surface area (Å²) in [6.07, 6.45) is 0.955. The first-order chi connectivity index (χ1) is 6.11. The molecule has 1 rings (SSSR count). The van der Waals surface area contributed by atoms with E-state index in [4.69, 9.17) is 11.0 Å². The molecule has 0 bridgehead atoms. The van der Waals surface area contributed by atoms with E-state index in [0.29, 0.717) is 17.1 Å². The third-order valence-corrected chi connectivity index (χ3v) is 2.24. The van der Waals surface area contributed by atoms with Gasteiger partial charge in [-0.1, -0.05) is 6.92 Å². The first kappa shape index (κ1) is 9.59. The number of aromatic nitrogens is 2. The molecule has 0 aliphatic carbocycles. The van der Waals surface area contributed by atoms with Crippen LogP contribution in [0.4, 0.5) is 5.82 Å². The van der Waals surface area contributed by atoms with Crippen molar-refractivity contribution in [1.29, 1.82) is 5.26 Å². The monoisotopic (exact) mass is 178 g/mol. The van der Waals surface area contributed by atoms with Gasteiger partial charge in [0, 0.05) is 0 Å². The smallest absolute Gasteiger partial charge is 0.140 e. The lowest BCUT2D eigenvalue weighted by molar-refractivity contribution is 0.482. The molecule has 1 aromatic rings. The molecule has 1 heterocycles. The van der Waals surface area contributed by atoms with Crippen molar-refractivity contribution in [2.75, 3.05) is 5.73 Å². The number of anilines is 1. The van der Waals surface area contributed by atoms with Gasteiger partial charge in [-0.15, -0.1) is 0 Å². The van der Waals surface area contributed by atoms with E-state index in [-0.39, 0.29) is 6.04 Å². The van der Waals surface area contributed by atoms with Crippen LogP contribution in [0.15, 0.2) is 0 Å². The van der Waals surface area contributed by atoms with Crippen LogP contribution in [0, 0.1) is 18.3 Å². The Hall–Kier alpha value is -1.50. The summed E-state index contributed by atoms with van der Waals surface area (Å²) >= 11 is 0. The molecule has 1 aromatic heterocycles. The molecule has 0 saturated carbocycles. The van der Waals surface area contributed by atoms with Crippen LogP contribution >= 0.6 is 0 Å². The van der Waals surface area contributed by atoms with E-state index in [1.54, 1.807) is 11.6 Å². The molecule has 0 saturated heterocycles. The minimum Gasteiger partial charge on any atom is -0.383 e. The van der Waals surface area contributed by atoms with Gasteiger partial charge < -0.3 is 5.73 Å². The SMILES string of the molecule is CC[C@@H](C)n1nc(C)c(C#N)c1N. The number of rotatable bonds is 2. The third-order valence-electron chi connectivity index (χ3n) is 2.24. The number of hydrogen-bond acceptors (Lipinski definition) is 3. The summed E-state index contributed by atoms with van der Waals surface area (Å²) in [6, 6.07) is 2.31. The summed E-state index contributed by atoms with van der Waals surface area (Å²) < 4.78 is 1.72. The number of nitrogen functional groups attached to an aromatic ring is 1. The molecular weight excluding hydrogens is 164 g/mol. The molecule has 0 amide bonds. The maximum Gasteiger partial charge on any atom is 0.140 e. The molecule has 0 aliphatic rings. The minimum absolute atomic E-state index is 0.251. The highest BCUT2D eigenvalue weighted by Crippen LogP contribution is 2.20. The Kier molecular flexibility index (Phi) is 2.57. The van der Waals surface area contributed by atoms with Crippen LogP contribution < -0.4 is 5.73 Å². The first-order valence-corrected chi connectivity index (χ1v) is 4.36. The van der Waals surface area contributed by atoms with Gasteiger partial charge in [0.1, 0.15) is 17.5 Å². The second-order valence-electron chi connectivity index (χ2n) is 3.16. The fourth-order valence-corrected chi connectivity index (χ4v) is 1.21. The molecule has 0 aliphatic heterocycles. The maximum atomic E-state index is 8.78. The van der Waals surface area contributed by atoms with Crippen LogP contribution in [0.1, 0.15) is 37.6 Å². The van der Waals surface area contributed by atoms with Gasteiger partial charge in [0.2, 0.25) is 0 Å². The number of hydrogen-bond donors (Lipinski definition) is 1. The average molecular weight is 178 g/mol. The van der Waals surface area contributed by atoms with E-state index in [1.807, 2.05) is 6.92 Å². The lowest BCUT2D eigenvalue weighted by atomic mass is 10.2. The summed E-state index contributed by atoms with van der Waals surface area (Å²) in [5.41, 5.74) is 6.98. The molecule has 13 heavy (non-hydrogen) atoms. The molecule has 0 aromatic carbocycles. The van der Waals surface area contributed by atoms with Crippen molar-refractivity contribution in [3.8, 4) is 6.07 Å². The molecule has 0 unspecified atom stereocenters. The second kappa shape index (κ2) is 3.48. The molecule has 4 heteroatoms. The topological polar surface area (TPSA) is 67.6 Å². The lowest BCUT2D eigenvalue weighted by Crippen LogP contribution is -2.09. The van der Waals surface area contributed by atoms with Crippen LogP contribution in [-0.2, 0) is 0 Å². The second-order valence-corrected chi connectivity index (χ2v) is 3.16. The van der Waals surface area contributed by atoms with Gasteiger partial charge in [-0.25, -0.2) is 4.68 Å². The van der Waals surface area contributed by atoms with Crippen LogP contribution in [0.5, 0.6) is 0 Å². The van der Waals surface area contributed by atoms with E-state index < -0.39 is 0 Å². The number of aryl methyl sites for hydroxylation is 1. The molecule has 1 atom stereocenters. The Bertz CT molecular complexity index is 345. The Morgan fingerprint density at radius 3 is 2.69 bits per heavy atom. The zero-order valence-electron chi connectivity index (χ0n) is 8.20. The largest absolute Gasteiger partial charge is 0.383 e. The number of nitrogens with two attached hydrogens (primary N) is 1. The van der Waals surface area contributed by atoms with Gasteiger partial charge in [0.15, 0.2) is 0 Å². The molecule has 0 spiro atoms. The number of nitriles is 1. The minimum atomic E-state index is 0.251. The van der Waals surface area contributed by atoms with Crippen molar-refractivity contribution in [2.45, 2.75) is 33.2 Å². The highest BCUT2D eigenvalue weighted by atomic mass is 15.3. The van der Waals surface area contributed by atoms with Crippen LogP contribution in [-0.4, -0.2) is 9.78 Å².